The van der Waals surface area contributed by atoms with Gasteiger partial charge >= 0.3 is 0 Å². The van der Waals surface area contributed by atoms with Crippen LogP contribution in [0.25, 0.3) is 21.7 Å². The van der Waals surface area contributed by atoms with Gasteiger partial charge in [-0.2, -0.15) is 0 Å². The number of nitrogens with zero attached hydrogens (tertiary/aromatic N) is 4. The Balaban J connectivity index is 1.43. The Morgan fingerprint density at radius 1 is 0.683 bits per heavy atom. The molecule has 0 bridgehead atoms. The summed E-state index contributed by atoms with van der Waals surface area (Å²) in [5, 5.41) is 2.50. The first-order valence-corrected chi connectivity index (χ1v) is 13.7. The van der Waals surface area contributed by atoms with Crippen molar-refractivity contribution in [1.29, 1.82) is 0 Å². The van der Waals surface area contributed by atoms with E-state index in [-0.39, 0.29) is 5.56 Å². The van der Waals surface area contributed by atoms with Crippen molar-refractivity contribution in [3.05, 3.63) is 178 Å². The van der Waals surface area contributed by atoms with Crippen molar-refractivity contribution in [2.75, 3.05) is 0 Å². The van der Waals surface area contributed by atoms with Crippen LogP contribution >= 0.6 is 0 Å². The molecule has 0 aliphatic rings. The van der Waals surface area contributed by atoms with Gasteiger partial charge in [0.25, 0.3) is 5.56 Å². The summed E-state index contributed by atoms with van der Waals surface area (Å²) in [6.45, 7) is 2.44. The van der Waals surface area contributed by atoms with E-state index in [1.807, 2.05) is 67.3 Å². The summed E-state index contributed by atoms with van der Waals surface area (Å²) in [5.74, 6) is 0. The number of hydrogen-bond acceptors (Lipinski definition) is 3. The maximum absolute atomic E-state index is 13.8. The van der Waals surface area contributed by atoms with E-state index in [0.717, 1.165) is 38.9 Å². The summed E-state index contributed by atoms with van der Waals surface area (Å²) in [7, 11) is 0. The van der Waals surface area contributed by atoms with Crippen molar-refractivity contribution >= 4 is 21.7 Å². The molecule has 5 nitrogen and oxygen atoms in total. The first-order chi connectivity index (χ1) is 20.2. The minimum Gasteiger partial charge on any atom is -0.316 e. The number of fused-ring (bicyclic) bond motifs is 3. The number of pyridine rings is 2. The van der Waals surface area contributed by atoms with Crippen molar-refractivity contribution < 1.29 is 0 Å². The summed E-state index contributed by atoms with van der Waals surface area (Å²) in [6, 6.07) is 41.4. The van der Waals surface area contributed by atoms with Crippen LogP contribution in [0.3, 0.4) is 0 Å². The second kappa shape index (κ2) is 10.0. The molecule has 0 spiro atoms. The van der Waals surface area contributed by atoms with E-state index < -0.39 is 5.54 Å². The zero-order chi connectivity index (χ0) is 27.8. The molecule has 0 saturated carbocycles. The molecule has 0 fully saturated rings. The molecule has 0 N–H and O–H groups in total. The van der Waals surface area contributed by atoms with Gasteiger partial charge in [-0.25, -0.2) is 4.98 Å². The fourth-order valence-corrected chi connectivity index (χ4v) is 6.08. The van der Waals surface area contributed by atoms with Crippen LogP contribution in [0.5, 0.6) is 0 Å². The van der Waals surface area contributed by atoms with Crippen molar-refractivity contribution in [2.45, 2.75) is 19.0 Å². The number of aromatic nitrogens is 4. The van der Waals surface area contributed by atoms with Gasteiger partial charge in [0.1, 0.15) is 5.54 Å². The molecule has 5 heteroatoms. The Hall–Kier alpha value is -5.29. The van der Waals surface area contributed by atoms with Crippen LogP contribution < -0.4 is 5.56 Å². The Morgan fingerprint density at radius 2 is 1.24 bits per heavy atom. The molecule has 0 aliphatic heterocycles. The van der Waals surface area contributed by atoms with E-state index in [9.17, 15) is 4.79 Å². The van der Waals surface area contributed by atoms with Crippen LogP contribution in [0, 0.1) is 6.92 Å². The van der Waals surface area contributed by atoms with Gasteiger partial charge < -0.3 is 9.13 Å². The predicted octanol–water partition coefficient (Wildman–Crippen LogP) is 6.94. The molecule has 3 heterocycles. The highest BCUT2D eigenvalue weighted by molar-refractivity contribution is 6.04. The van der Waals surface area contributed by atoms with Gasteiger partial charge in [-0.3, -0.25) is 9.78 Å². The summed E-state index contributed by atoms with van der Waals surface area (Å²) < 4.78 is 4.00. The normalized spacial score (nSPS) is 11.7. The molecule has 7 aromatic rings. The standard InChI is InChI=1S/C36H28N4O/c1-26-33(24-39-22-21-32-34(35(39)41)31-20-12-11-13-27(31)23-37-32)38-25-40(26)36(28-14-5-2-6-15-28,29-16-7-3-8-17-29)30-18-9-4-10-19-30/h2-23,25H,24H2,1H3. The molecule has 4 aromatic carbocycles. The van der Waals surface area contributed by atoms with E-state index in [1.165, 1.54) is 0 Å². The molecule has 7 rings (SSSR count). The molecule has 0 aliphatic carbocycles. The Morgan fingerprint density at radius 3 is 1.85 bits per heavy atom. The van der Waals surface area contributed by atoms with Crippen molar-refractivity contribution in [3.8, 4) is 0 Å². The van der Waals surface area contributed by atoms with Gasteiger partial charge in [-0.1, -0.05) is 115 Å². The molecule has 198 valence electrons. The van der Waals surface area contributed by atoms with Crippen molar-refractivity contribution in [2.24, 2.45) is 0 Å². The van der Waals surface area contributed by atoms with Crippen LogP contribution in [0.1, 0.15) is 28.1 Å². The van der Waals surface area contributed by atoms with Gasteiger partial charge in [0, 0.05) is 23.5 Å². The van der Waals surface area contributed by atoms with Crippen molar-refractivity contribution in [3.63, 3.8) is 0 Å². The van der Waals surface area contributed by atoms with Crippen LogP contribution in [-0.4, -0.2) is 19.1 Å². The quantitative estimate of drug-likeness (QED) is 0.172. The van der Waals surface area contributed by atoms with E-state index in [4.69, 9.17) is 4.98 Å². The summed E-state index contributed by atoms with van der Waals surface area (Å²) >= 11 is 0. The first-order valence-electron chi connectivity index (χ1n) is 13.7. The maximum Gasteiger partial charge on any atom is 0.260 e. The molecule has 0 amide bonds. The SMILES string of the molecule is Cc1c(Cn2ccc3ncc4ccccc4c3c2=O)ncn1C(c1ccccc1)(c1ccccc1)c1ccccc1. The number of benzene rings is 4. The summed E-state index contributed by atoms with van der Waals surface area (Å²) in [5.41, 5.74) is 5.19. The second-order valence-corrected chi connectivity index (χ2v) is 10.3. The third-order valence-electron chi connectivity index (χ3n) is 8.08. The third-order valence-corrected chi connectivity index (χ3v) is 8.08. The minimum absolute atomic E-state index is 0.0683. The largest absolute Gasteiger partial charge is 0.316 e. The van der Waals surface area contributed by atoms with E-state index in [2.05, 4.69) is 89.3 Å². The first kappa shape index (κ1) is 24.7. The Bertz CT molecular complexity index is 1950. The second-order valence-electron chi connectivity index (χ2n) is 10.3. The van der Waals surface area contributed by atoms with Crippen LogP contribution in [0.15, 0.2) is 145 Å². The lowest BCUT2D eigenvalue weighted by Gasteiger charge is -2.38. The molecule has 0 saturated heterocycles. The zero-order valence-corrected chi connectivity index (χ0v) is 22.7. The molecule has 0 radical (unpaired) electrons. The fraction of sp³-hybridized carbons (Fsp3) is 0.0833. The highest BCUT2D eigenvalue weighted by Gasteiger charge is 2.39. The van der Waals surface area contributed by atoms with Gasteiger partial charge in [-0.15, -0.1) is 0 Å². The lowest BCUT2D eigenvalue weighted by Crippen LogP contribution is -2.38. The highest BCUT2D eigenvalue weighted by atomic mass is 16.1. The minimum atomic E-state index is -0.659. The molecule has 3 aromatic heterocycles. The summed E-state index contributed by atoms with van der Waals surface area (Å²) in [4.78, 5) is 23.3. The smallest absolute Gasteiger partial charge is 0.260 e. The van der Waals surface area contributed by atoms with E-state index in [1.54, 1.807) is 4.57 Å². The van der Waals surface area contributed by atoms with Crippen LogP contribution in [-0.2, 0) is 12.1 Å². The summed E-state index contributed by atoms with van der Waals surface area (Å²) in [6.07, 6.45) is 5.56. The van der Waals surface area contributed by atoms with E-state index >= 15 is 0 Å². The fourth-order valence-electron chi connectivity index (χ4n) is 6.08. The van der Waals surface area contributed by atoms with Crippen molar-refractivity contribution in [1.82, 2.24) is 19.1 Å². The van der Waals surface area contributed by atoms with Gasteiger partial charge in [0.2, 0.25) is 0 Å². The number of rotatable bonds is 6. The molecule has 0 atom stereocenters. The average molecular weight is 533 g/mol. The van der Waals surface area contributed by atoms with E-state index in [0.29, 0.717) is 17.4 Å². The molecule has 0 unspecified atom stereocenters. The monoisotopic (exact) mass is 532 g/mol. The number of imidazole rings is 1. The maximum atomic E-state index is 13.8. The topological polar surface area (TPSA) is 52.7 Å². The number of hydrogen-bond donors (Lipinski definition) is 0. The van der Waals surface area contributed by atoms with Gasteiger partial charge in [0.05, 0.1) is 29.5 Å². The highest BCUT2D eigenvalue weighted by Crippen LogP contribution is 2.41. The van der Waals surface area contributed by atoms with Gasteiger partial charge in [-0.05, 0) is 35.1 Å². The van der Waals surface area contributed by atoms with Gasteiger partial charge in [0.15, 0.2) is 0 Å². The molecule has 41 heavy (non-hydrogen) atoms. The zero-order valence-electron chi connectivity index (χ0n) is 22.7. The molecular weight excluding hydrogens is 504 g/mol. The predicted molar refractivity (Wildman–Crippen MR) is 164 cm³/mol. The average Bonchev–Trinajstić information content (AvgIpc) is 3.40. The third kappa shape index (κ3) is 3.97. The van der Waals surface area contributed by atoms with Crippen LogP contribution in [0.2, 0.25) is 0 Å². The molecular formula is C36H28N4O. The van der Waals surface area contributed by atoms with Crippen LogP contribution in [0.4, 0.5) is 0 Å². The lowest BCUT2D eigenvalue weighted by molar-refractivity contribution is 0.502. The Labute approximate surface area is 238 Å². The lowest BCUT2D eigenvalue weighted by atomic mass is 9.76. The Kier molecular flexibility index (Phi) is 6.05.